The molecule has 0 aliphatic rings. The number of urea groups is 1. The van der Waals surface area contributed by atoms with Crippen molar-refractivity contribution in [3.63, 3.8) is 0 Å². The lowest BCUT2D eigenvalue weighted by Crippen LogP contribution is -2.44. The van der Waals surface area contributed by atoms with Crippen LogP contribution in [0.2, 0.25) is 0 Å². The molecule has 5 N–H and O–H groups in total. The van der Waals surface area contributed by atoms with E-state index < -0.39 is 11.9 Å². The first-order chi connectivity index (χ1) is 6.61. The zero-order chi connectivity index (χ0) is 10.6. The van der Waals surface area contributed by atoms with Crippen LogP contribution in [0, 0.1) is 0 Å². The molecule has 0 saturated carbocycles. The van der Waals surface area contributed by atoms with Gasteiger partial charge in [-0.1, -0.05) is 12.1 Å². The van der Waals surface area contributed by atoms with Gasteiger partial charge >= 0.3 is 6.03 Å². The van der Waals surface area contributed by atoms with Gasteiger partial charge in [-0.3, -0.25) is 10.2 Å². The highest BCUT2D eigenvalue weighted by Crippen LogP contribution is 2.14. The van der Waals surface area contributed by atoms with Crippen LogP contribution in [0.25, 0.3) is 0 Å². The Kier molecular flexibility index (Phi) is 2.90. The fourth-order valence-corrected chi connectivity index (χ4v) is 0.851. The second-order valence-corrected chi connectivity index (χ2v) is 2.46. The van der Waals surface area contributed by atoms with E-state index in [9.17, 15) is 14.7 Å². The summed E-state index contributed by atoms with van der Waals surface area (Å²) in [6.45, 7) is 0. The predicted molar refractivity (Wildman–Crippen MR) is 48.3 cm³/mol. The second-order valence-electron chi connectivity index (χ2n) is 2.46. The summed E-state index contributed by atoms with van der Waals surface area (Å²) in [7, 11) is 0. The molecule has 0 bridgehead atoms. The van der Waals surface area contributed by atoms with E-state index in [4.69, 9.17) is 5.73 Å². The molecule has 1 rings (SSSR count). The molecule has 0 spiro atoms. The number of amides is 3. The average molecular weight is 195 g/mol. The molecule has 0 atom stereocenters. The third kappa shape index (κ3) is 2.37. The Morgan fingerprint density at radius 3 is 2.43 bits per heavy atom. The molecule has 0 radical (unpaired) electrons. The van der Waals surface area contributed by atoms with Crippen LogP contribution in [-0.2, 0) is 0 Å². The third-order valence-electron chi connectivity index (χ3n) is 1.45. The van der Waals surface area contributed by atoms with Crippen LogP contribution in [0.15, 0.2) is 24.3 Å². The van der Waals surface area contributed by atoms with E-state index in [0.717, 1.165) is 0 Å². The predicted octanol–water partition coefficient (Wildman–Crippen LogP) is -0.295. The Morgan fingerprint density at radius 1 is 1.21 bits per heavy atom. The standard InChI is InChI=1S/C8H9N3O3/c9-8(14)11-10-7(13)5-3-1-2-4-6(5)12/h1-4,12H,(H,10,13)(H3,9,11,14). The van der Waals surface area contributed by atoms with Crippen LogP contribution < -0.4 is 16.6 Å². The Hall–Kier alpha value is -2.24. The number of aromatic hydroxyl groups is 1. The number of nitrogens with one attached hydrogen (secondary N) is 2. The smallest absolute Gasteiger partial charge is 0.330 e. The van der Waals surface area contributed by atoms with Crippen LogP contribution >= 0.6 is 0 Å². The molecule has 1 aromatic carbocycles. The van der Waals surface area contributed by atoms with Gasteiger partial charge in [0.2, 0.25) is 0 Å². The molecule has 0 aliphatic heterocycles. The zero-order valence-electron chi connectivity index (χ0n) is 7.15. The van der Waals surface area contributed by atoms with E-state index in [1.807, 2.05) is 10.9 Å². The summed E-state index contributed by atoms with van der Waals surface area (Å²) in [5.41, 5.74) is 8.70. The largest absolute Gasteiger partial charge is 0.507 e. The van der Waals surface area contributed by atoms with Crippen molar-refractivity contribution in [2.75, 3.05) is 0 Å². The van der Waals surface area contributed by atoms with Crippen molar-refractivity contribution in [2.24, 2.45) is 5.73 Å². The molecule has 6 heteroatoms. The molecule has 74 valence electrons. The van der Waals surface area contributed by atoms with E-state index in [-0.39, 0.29) is 11.3 Å². The Balaban J connectivity index is 2.70. The molecular weight excluding hydrogens is 186 g/mol. The van der Waals surface area contributed by atoms with Gasteiger partial charge in [0.25, 0.3) is 5.91 Å². The summed E-state index contributed by atoms with van der Waals surface area (Å²) in [4.78, 5) is 21.5. The van der Waals surface area contributed by atoms with Gasteiger partial charge in [-0.2, -0.15) is 0 Å². The molecule has 0 heterocycles. The van der Waals surface area contributed by atoms with E-state index in [0.29, 0.717) is 0 Å². The molecule has 0 saturated heterocycles. The topological polar surface area (TPSA) is 104 Å². The number of phenolic OH excluding ortho intramolecular Hbond substituents is 1. The molecular formula is C8H9N3O3. The lowest BCUT2D eigenvalue weighted by atomic mass is 10.2. The minimum Gasteiger partial charge on any atom is -0.507 e. The number of benzene rings is 1. The van der Waals surface area contributed by atoms with Crippen molar-refractivity contribution in [1.29, 1.82) is 0 Å². The van der Waals surface area contributed by atoms with Gasteiger partial charge in [-0.15, -0.1) is 0 Å². The number of carbonyl (C=O) groups is 2. The van der Waals surface area contributed by atoms with Gasteiger partial charge < -0.3 is 10.8 Å². The molecule has 0 aliphatic carbocycles. The van der Waals surface area contributed by atoms with Gasteiger partial charge in [0.1, 0.15) is 5.75 Å². The maximum atomic E-state index is 11.2. The monoisotopic (exact) mass is 195 g/mol. The van der Waals surface area contributed by atoms with Crippen molar-refractivity contribution in [3.8, 4) is 5.75 Å². The molecule has 6 nitrogen and oxygen atoms in total. The number of nitrogens with two attached hydrogens (primary N) is 1. The van der Waals surface area contributed by atoms with Gasteiger partial charge in [0.05, 0.1) is 5.56 Å². The van der Waals surface area contributed by atoms with Crippen LogP contribution in [0.4, 0.5) is 4.79 Å². The van der Waals surface area contributed by atoms with Crippen molar-refractivity contribution >= 4 is 11.9 Å². The molecule has 0 unspecified atom stereocenters. The number of hydrogen-bond donors (Lipinski definition) is 4. The zero-order valence-corrected chi connectivity index (χ0v) is 7.15. The Morgan fingerprint density at radius 2 is 1.86 bits per heavy atom. The summed E-state index contributed by atoms with van der Waals surface area (Å²) >= 11 is 0. The van der Waals surface area contributed by atoms with Crippen molar-refractivity contribution in [3.05, 3.63) is 29.8 Å². The number of rotatable bonds is 1. The fraction of sp³-hybridized carbons (Fsp3) is 0. The highest BCUT2D eigenvalue weighted by molar-refractivity contribution is 5.97. The highest BCUT2D eigenvalue weighted by Gasteiger charge is 2.09. The number of hydrazine groups is 1. The van der Waals surface area contributed by atoms with E-state index in [1.54, 1.807) is 12.1 Å². The quantitative estimate of drug-likeness (QED) is 0.462. The first-order valence-electron chi connectivity index (χ1n) is 3.75. The fourth-order valence-electron chi connectivity index (χ4n) is 0.851. The first-order valence-corrected chi connectivity index (χ1v) is 3.75. The van der Waals surface area contributed by atoms with Crippen molar-refractivity contribution in [1.82, 2.24) is 10.9 Å². The van der Waals surface area contributed by atoms with Crippen LogP contribution in [0.1, 0.15) is 10.4 Å². The number of para-hydroxylation sites is 1. The maximum absolute atomic E-state index is 11.2. The van der Waals surface area contributed by atoms with Crippen LogP contribution in [0.5, 0.6) is 5.75 Å². The van der Waals surface area contributed by atoms with E-state index >= 15 is 0 Å². The molecule has 0 fully saturated rings. The van der Waals surface area contributed by atoms with Crippen molar-refractivity contribution < 1.29 is 14.7 Å². The molecule has 0 aromatic heterocycles. The lowest BCUT2D eigenvalue weighted by molar-refractivity contribution is 0.0934. The normalized spacial score (nSPS) is 9.14. The average Bonchev–Trinajstić information content (AvgIpc) is 2.15. The molecule has 1 aromatic rings. The number of carbonyl (C=O) groups excluding carboxylic acids is 2. The summed E-state index contributed by atoms with van der Waals surface area (Å²) in [5.74, 6) is -0.807. The first kappa shape index (κ1) is 9.85. The van der Waals surface area contributed by atoms with E-state index in [1.165, 1.54) is 12.1 Å². The van der Waals surface area contributed by atoms with Gasteiger partial charge in [0, 0.05) is 0 Å². The van der Waals surface area contributed by atoms with Gasteiger partial charge in [-0.05, 0) is 12.1 Å². The number of primary amides is 1. The maximum Gasteiger partial charge on any atom is 0.330 e. The second kappa shape index (κ2) is 4.13. The Bertz CT molecular complexity index is 365. The summed E-state index contributed by atoms with van der Waals surface area (Å²) in [6, 6.07) is 5.05. The van der Waals surface area contributed by atoms with Crippen molar-refractivity contribution in [2.45, 2.75) is 0 Å². The minimum absolute atomic E-state index is 0.0567. The third-order valence-corrected chi connectivity index (χ3v) is 1.45. The summed E-state index contributed by atoms with van der Waals surface area (Å²) in [5, 5.41) is 9.24. The molecule has 3 amide bonds. The lowest BCUT2D eigenvalue weighted by Gasteiger charge is -2.05. The number of hydrogen-bond acceptors (Lipinski definition) is 3. The Labute approximate surface area is 79.7 Å². The van der Waals surface area contributed by atoms with Crippen LogP contribution in [0.3, 0.4) is 0 Å². The summed E-state index contributed by atoms with van der Waals surface area (Å²) < 4.78 is 0. The van der Waals surface area contributed by atoms with E-state index in [2.05, 4.69) is 0 Å². The van der Waals surface area contributed by atoms with Gasteiger partial charge in [0.15, 0.2) is 0 Å². The molecule has 14 heavy (non-hydrogen) atoms. The van der Waals surface area contributed by atoms with Crippen LogP contribution in [-0.4, -0.2) is 17.0 Å². The number of phenols is 1. The van der Waals surface area contributed by atoms with Gasteiger partial charge in [-0.25, -0.2) is 10.2 Å². The minimum atomic E-state index is -0.881. The highest BCUT2D eigenvalue weighted by atomic mass is 16.3. The SMILES string of the molecule is NC(=O)NNC(=O)c1ccccc1O. The summed E-state index contributed by atoms with van der Waals surface area (Å²) in [6.07, 6.45) is 0.